The molecule has 0 atom stereocenters. The van der Waals surface area contributed by atoms with Crippen LogP contribution in [-0.2, 0) is 0 Å². The number of fused-ring (bicyclic) bond motifs is 1. The van der Waals surface area contributed by atoms with Crippen LogP contribution in [0.1, 0.15) is 10.4 Å². The van der Waals surface area contributed by atoms with E-state index in [0.717, 1.165) is 16.3 Å². The molecule has 0 aliphatic rings. The molecule has 0 spiro atoms. The molecule has 21 heavy (non-hydrogen) atoms. The number of halogens is 2. The number of carboxylic acid groups (broad SMARTS) is 1. The van der Waals surface area contributed by atoms with E-state index >= 15 is 0 Å². The van der Waals surface area contributed by atoms with Crippen molar-refractivity contribution in [1.82, 2.24) is 4.98 Å². The van der Waals surface area contributed by atoms with Gasteiger partial charge in [-0.05, 0) is 28.5 Å². The maximum atomic E-state index is 11.2. The molecule has 3 nitrogen and oxygen atoms in total. The van der Waals surface area contributed by atoms with Gasteiger partial charge in [0.1, 0.15) is 0 Å². The fourth-order valence-electron chi connectivity index (χ4n) is 2.29. The van der Waals surface area contributed by atoms with Crippen LogP contribution in [0.5, 0.6) is 0 Å². The van der Waals surface area contributed by atoms with Gasteiger partial charge in [-0.15, -0.1) is 0 Å². The van der Waals surface area contributed by atoms with Crippen molar-refractivity contribution in [1.29, 1.82) is 0 Å². The second-order valence-corrected chi connectivity index (χ2v) is 5.34. The lowest BCUT2D eigenvalue weighted by molar-refractivity contribution is 0.0697. The number of carbonyl (C=O) groups is 1. The fourth-order valence-corrected chi connectivity index (χ4v) is 2.86. The Kier molecular flexibility index (Phi) is 3.53. The summed E-state index contributed by atoms with van der Waals surface area (Å²) >= 11 is 12.4. The number of carboxylic acids is 1. The quantitative estimate of drug-likeness (QED) is 0.730. The highest BCUT2D eigenvalue weighted by atomic mass is 35.5. The minimum absolute atomic E-state index is 0.219. The zero-order valence-corrected chi connectivity index (χ0v) is 12.2. The van der Waals surface area contributed by atoms with Crippen molar-refractivity contribution >= 4 is 39.9 Å². The molecule has 0 amide bonds. The average Bonchev–Trinajstić information content (AvgIpc) is 2.46. The van der Waals surface area contributed by atoms with Crippen molar-refractivity contribution in [3.05, 3.63) is 64.4 Å². The van der Waals surface area contributed by atoms with Crippen molar-refractivity contribution < 1.29 is 9.90 Å². The van der Waals surface area contributed by atoms with E-state index in [-0.39, 0.29) is 5.56 Å². The minimum Gasteiger partial charge on any atom is -0.478 e. The summed E-state index contributed by atoms with van der Waals surface area (Å²) in [5, 5.41) is 11.7. The molecule has 0 saturated carbocycles. The molecule has 0 aliphatic carbocycles. The molecule has 5 heteroatoms. The highest BCUT2D eigenvalue weighted by Gasteiger charge is 2.13. The molecule has 1 N–H and O–H groups in total. The Morgan fingerprint density at radius 3 is 2.43 bits per heavy atom. The standard InChI is InChI=1S/C16H9Cl2NO2/c17-13-7-19-8-14(18)15(13)11-3-1-2-9-4-5-10(16(20)21)6-12(9)11/h1-8H,(H,20,21). The molecular formula is C16H9Cl2NO2. The van der Waals surface area contributed by atoms with E-state index in [1.807, 2.05) is 18.2 Å². The molecule has 0 unspecified atom stereocenters. The molecule has 0 fully saturated rings. The van der Waals surface area contributed by atoms with Gasteiger partial charge in [-0.2, -0.15) is 0 Å². The summed E-state index contributed by atoms with van der Waals surface area (Å²) in [6.07, 6.45) is 3.03. The predicted octanol–water partition coefficient (Wildman–Crippen LogP) is 4.91. The van der Waals surface area contributed by atoms with Crippen molar-refractivity contribution in [3.8, 4) is 11.1 Å². The third-order valence-electron chi connectivity index (χ3n) is 3.25. The van der Waals surface area contributed by atoms with Gasteiger partial charge in [-0.3, -0.25) is 4.98 Å². The lowest BCUT2D eigenvalue weighted by atomic mass is 9.97. The summed E-state index contributed by atoms with van der Waals surface area (Å²) in [7, 11) is 0. The summed E-state index contributed by atoms with van der Waals surface area (Å²) in [5.74, 6) is -0.973. The van der Waals surface area contributed by atoms with Crippen LogP contribution in [0.2, 0.25) is 10.0 Å². The summed E-state index contributed by atoms with van der Waals surface area (Å²) in [5.41, 5.74) is 1.66. The number of hydrogen-bond donors (Lipinski definition) is 1. The summed E-state index contributed by atoms with van der Waals surface area (Å²) in [6.45, 7) is 0. The van der Waals surface area contributed by atoms with Crippen LogP contribution in [0.15, 0.2) is 48.8 Å². The van der Waals surface area contributed by atoms with E-state index in [9.17, 15) is 4.79 Å². The maximum Gasteiger partial charge on any atom is 0.335 e. The van der Waals surface area contributed by atoms with Crippen molar-refractivity contribution in [3.63, 3.8) is 0 Å². The van der Waals surface area contributed by atoms with Crippen LogP contribution < -0.4 is 0 Å². The third kappa shape index (κ3) is 2.46. The van der Waals surface area contributed by atoms with E-state index in [2.05, 4.69) is 4.98 Å². The van der Waals surface area contributed by atoms with E-state index in [1.165, 1.54) is 12.4 Å². The van der Waals surface area contributed by atoms with Gasteiger partial charge in [-0.1, -0.05) is 47.5 Å². The second kappa shape index (κ2) is 5.35. The van der Waals surface area contributed by atoms with Gasteiger partial charge in [0, 0.05) is 18.0 Å². The number of rotatable bonds is 2. The molecule has 1 heterocycles. The SMILES string of the molecule is O=C(O)c1ccc2cccc(-c3c(Cl)cncc3Cl)c2c1. The van der Waals surface area contributed by atoms with E-state index in [0.29, 0.717) is 15.6 Å². The first-order chi connectivity index (χ1) is 10.1. The molecule has 0 bridgehead atoms. The van der Waals surface area contributed by atoms with Crippen LogP contribution in [0, 0.1) is 0 Å². The van der Waals surface area contributed by atoms with Gasteiger partial charge in [0.25, 0.3) is 0 Å². The normalized spacial score (nSPS) is 10.8. The van der Waals surface area contributed by atoms with E-state index in [4.69, 9.17) is 28.3 Å². The maximum absolute atomic E-state index is 11.2. The number of hydrogen-bond acceptors (Lipinski definition) is 2. The van der Waals surface area contributed by atoms with Gasteiger partial charge in [0.2, 0.25) is 0 Å². The van der Waals surface area contributed by atoms with Crippen LogP contribution in [0.3, 0.4) is 0 Å². The van der Waals surface area contributed by atoms with Crippen LogP contribution in [-0.4, -0.2) is 16.1 Å². The number of benzene rings is 2. The molecule has 0 saturated heterocycles. The summed E-state index contributed by atoms with van der Waals surface area (Å²) in [4.78, 5) is 15.1. The van der Waals surface area contributed by atoms with Gasteiger partial charge in [0.05, 0.1) is 15.6 Å². The molecule has 1 aromatic heterocycles. The number of aromatic carboxylic acids is 1. The molecule has 2 aromatic carbocycles. The topological polar surface area (TPSA) is 50.2 Å². The zero-order valence-electron chi connectivity index (χ0n) is 10.7. The van der Waals surface area contributed by atoms with Crippen LogP contribution in [0.4, 0.5) is 0 Å². The third-order valence-corrected chi connectivity index (χ3v) is 3.82. The number of aromatic nitrogens is 1. The Hall–Kier alpha value is -2.10. The van der Waals surface area contributed by atoms with E-state index in [1.54, 1.807) is 18.2 Å². The first-order valence-electron chi connectivity index (χ1n) is 6.13. The first kappa shape index (κ1) is 13.9. The Morgan fingerprint density at radius 2 is 1.76 bits per heavy atom. The van der Waals surface area contributed by atoms with Crippen molar-refractivity contribution in [2.75, 3.05) is 0 Å². The Morgan fingerprint density at radius 1 is 1.05 bits per heavy atom. The highest BCUT2D eigenvalue weighted by Crippen LogP contribution is 2.38. The minimum atomic E-state index is -0.973. The van der Waals surface area contributed by atoms with Gasteiger partial charge in [0.15, 0.2) is 0 Å². The fraction of sp³-hybridized carbons (Fsp3) is 0. The number of nitrogens with zero attached hydrogens (tertiary/aromatic N) is 1. The molecule has 0 aliphatic heterocycles. The average molecular weight is 318 g/mol. The van der Waals surface area contributed by atoms with Crippen molar-refractivity contribution in [2.45, 2.75) is 0 Å². The van der Waals surface area contributed by atoms with E-state index < -0.39 is 5.97 Å². The Labute approximate surface area is 130 Å². The lowest BCUT2D eigenvalue weighted by Crippen LogP contribution is -1.96. The smallest absolute Gasteiger partial charge is 0.335 e. The number of pyridine rings is 1. The Balaban J connectivity index is 2.37. The molecular weight excluding hydrogens is 309 g/mol. The highest BCUT2D eigenvalue weighted by molar-refractivity contribution is 6.39. The second-order valence-electron chi connectivity index (χ2n) is 4.52. The molecule has 3 rings (SSSR count). The van der Waals surface area contributed by atoms with Gasteiger partial charge in [-0.25, -0.2) is 4.79 Å². The zero-order chi connectivity index (χ0) is 15.0. The Bertz CT molecular complexity index is 842. The first-order valence-corrected chi connectivity index (χ1v) is 6.89. The van der Waals surface area contributed by atoms with Crippen LogP contribution in [0.25, 0.3) is 21.9 Å². The lowest BCUT2D eigenvalue weighted by Gasteiger charge is -2.10. The van der Waals surface area contributed by atoms with Crippen molar-refractivity contribution in [2.24, 2.45) is 0 Å². The predicted molar refractivity (Wildman–Crippen MR) is 84.2 cm³/mol. The summed E-state index contributed by atoms with van der Waals surface area (Å²) in [6, 6.07) is 10.6. The summed E-state index contributed by atoms with van der Waals surface area (Å²) < 4.78 is 0. The van der Waals surface area contributed by atoms with Gasteiger partial charge < -0.3 is 5.11 Å². The largest absolute Gasteiger partial charge is 0.478 e. The van der Waals surface area contributed by atoms with Crippen LogP contribution >= 0.6 is 23.2 Å². The van der Waals surface area contributed by atoms with Gasteiger partial charge >= 0.3 is 5.97 Å². The molecule has 3 aromatic rings. The molecule has 0 radical (unpaired) electrons. The monoisotopic (exact) mass is 317 g/mol. The molecule has 104 valence electrons.